The van der Waals surface area contributed by atoms with Crippen molar-refractivity contribution in [2.24, 2.45) is 0 Å². The summed E-state index contributed by atoms with van der Waals surface area (Å²) in [4.78, 5) is 13.6. The molecule has 3 aromatic rings. The lowest BCUT2D eigenvalue weighted by atomic mass is 10.1. The van der Waals surface area contributed by atoms with Crippen molar-refractivity contribution in [3.8, 4) is 6.07 Å². The van der Waals surface area contributed by atoms with Crippen LogP contribution < -0.4 is 16.8 Å². The molecule has 4 N–H and O–H groups in total. The van der Waals surface area contributed by atoms with Gasteiger partial charge in [0.15, 0.2) is 5.58 Å². The molecule has 3 rings (SSSR count). The number of nitrogens with two attached hydrogens (primary N) is 1. The van der Waals surface area contributed by atoms with E-state index in [9.17, 15) is 9.18 Å². The zero-order valence-corrected chi connectivity index (χ0v) is 10.6. The molecule has 0 fully saturated rings. The van der Waals surface area contributed by atoms with Crippen molar-refractivity contribution in [1.29, 1.82) is 5.26 Å². The minimum absolute atomic E-state index is 0.148. The average molecular weight is 284 g/mol. The van der Waals surface area contributed by atoms with Crippen LogP contribution in [0.1, 0.15) is 5.56 Å². The Kier molecular flexibility index (Phi) is 2.84. The first-order valence-corrected chi connectivity index (χ1v) is 5.96. The number of H-pyrrole nitrogens is 1. The predicted molar refractivity (Wildman–Crippen MR) is 75.6 cm³/mol. The number of aromatic nitrogens is 1. The number of hydrogen-bond donors (Lipinski definition) is 3. The van der Waals surface area contributed by atoms with Gasteiger partial charge in [-0.25, -0.2) is 9.18 Å². The van der Waals surface area contributed by atoms with Crippen molar-refractivity contribution in [3.05, 3.63) is 52.3 Å². The molecule has 21 heavy (non-hydrogen) atoms. The zero-order valence-electron chi connectivity index (χ0n) is 10.6. The summed E-state index contributed by atoms with van der Waals surface area (Å²) in [6.07, 6.45) is 0. The molecule has 0 radical (unpaired) electrons. The van der Waals surface area contributed by atoms with E-state index < -0.39 is 11.6 Å². The van der Waals surface area contributed by atoms with Gasteiger partial charge in [-0.1, -0.05) is 0 Å². The normalized spacial score (nSPS) is 10.5. The minimum Gasteiger partial charge on any atom is -0.408 e. The van der Waals surface area contributed by atoms with E-state index >= 15 is 0 Å². The average Bonchev–Trinajstić information content (AvgIpc) is 2.80. The molecule has 0 bridgehead atoms. The first-order valence-electron chi connectivity index (χ1n) is 5.96. The van der Waals surface area contributed by atoms with Crippen molar-refractivity contribution in [1.82, 2.24) is 4.98 Å². The molecule has 0 aliphatic rings. The van der Waals surface area contributed by atoms with Gasteiger partial charge in [-0.05, 0) is 24.3 Å². The van der Waals surface area contributed by atoms with Gasteiger partial charge < -0.3 is 15.5 Å². The second-order valence-corrected chi connectivity index (χ2v) is 4.38. The van der Waals surface area contributed by atoms with E-state index in [1.54, 1.807) is 6.07 Å². The van der Waals surface area contributed by atoms with Gasteiger partial charge in [0.2, 0.25) is 0 Å². The highest BCUT2D eigenvalue weighted by Crippen LogP contribution is 2.29. The smallest absolute Gasteiger partial charge is 0.408 e. The van der Waals surface area contributed by atoms with Crippen LogP contribution in [-0.2, 0) is 0 Å². The number of nitriles is 1. The first kappa shape index (κ1) is 12.7. The first-order chi connectivity index (χ1) is 10.1. The monoisotopic (exact) mass is 284 g/mol. The van der Waals surface area contributed by atoms with Crippen molar-refractivity contribution in [2.75, 3.05) is 11.1 Å². The maximum Gasteiger partial charge on any atom is 0.417 e. The topological polar surface area (TPSA) is 108 Å². The Balaban J connectivity index is 2.07. The highest BCUT2D eigenvalue weighted by Gasteiger charge is 2.09. The van der Waals surface area contributed by atoms with Crippen LogP contribution in [-0.4, -0.2) is 4.98 Å². The molecule has 0 unspecified atom stereocenters. The van der Waals surface area contributed by atoms with E-state index in [0.29, 0.717) is 28.2 Å². The van der Waals surface area contributed by atoms with Crippen molar-refractivity contribution >= 4 is 28.2 Å². The van der Waals surface area contributed by atoms with Gasteiger partial charge in [0, 0.05) is 6.07 Å². The summed E-state index contributed by atoms with van der Waals surface area (Å²) in [6.45, 7) is 0. The quantitative estimate of drug-likeness (QED) is 0.626. The van der Waals surface area contributed by atoms with Gasteiger partial charge >= 0.3 is 5.76 Å². The fraction of sp³-hybridized carbons (Fsp3) is 0. The molecule has 2 aromatic carbocycles. The Morgan fingerprint density at radius 1 is 1.29 bits per heavy atom. The number of oxazole rings is 1. The van der Waals surface area contributed by atoms with Gasteiger partial charge in [0.05, 0.1) is 28.1 Å². The molecule has 7 heteroatoms. The molecule has 0 saturated carbocycles. The second kappa shape index (κ2) is 4.68. The lowest BCUT2D eigenvalue weighted by Crippen LogP contribution is -1.99. The maximum absolute atomic E-state index is 13.1. The van der Waals surface area contributed by atoms with Crippen LogP contribution in [0.2, 0.25) is 0 Å². The van der Waals surface area contributed by atoms with Crippen molar-refractivity contribution in [2.45, 2.75) is 0 Å². The summed E-state index contributed by atoms with van der Waals surface area (Å²) in [5, 5.41) is 12.0. The maximum atomic E-state index is 13.1. The van der Waals surface area contributed by atoms with Crippen LogP contribution in [0.4, 0.5) is 21.5 Å². The van der Waals surface area contributed by atoms with Crippen LogP contribution in [0.3, 0.4) is 0 Å². The summed E-state index contributed by atoms with van der Waals surface area (Å²) in [6, 6.07) is 8.77. The number of anilines is 3. The largest absolute Gasteiger partial charge is 0.417 e. The molecule has 0 spiro atoms. The molecule has 0 saturated heterocycles. The summed E-state index contributed by atoms with van der Waals surface area (Å²) < 4.78 is 18.0. The van der Waals surface area contributed by atoms with Crippen LogP contribution in [0.5, 0.6) is 0 Å². The number of aromatic amines is 1. The molecule has 104 valence electrons. The molecule has 0 aliphatic heterocycles. The van der Waals surface area contributed by atoms with Crippen LogP contribution >= 0.6 is 0 Å². The third kappa shape index (κ3) is 2.30. The number of fused-ring (bicyclic) bond motifs is 1. The molecule has 0 amide bonds. The van der Waals surface area contributed by atoms with Crippen molar-refractivity contribution < 1.29 is 8.81 Å². The van der Waals surface area contributed by atoms with Crippen LogP contribution in [0.15, 0.2) is 39.5 Å². The Morgan fingerprint density at radius 3 is 2.86 bits per heavy atom. The third-order valence-corrected chi connectivity index (χ3v) is 2.96. The standard InChI is InChI=1S/C14H9FN4O2/c15-8-1-2-10(7(3-8)6-16)18-11-5-12-13(4-9(11)17)21-14(20)19-12/h1-5,18H,17H2,(H,19,20). The Bertz CT molecular complexity index is 936. The fourth-order valence-electron chi connectivity index (χ4n) is 1.98. The highest BCUT2D eigenvalue weighted by molar-refractivity contribution is 5.87. The van der Waals surface area contributed by atoms with Gasteiger partial charge in [-0.15, -0.1) is 0 Å². The van der Waals surface area contributed by atoms with Gasteiger partial charge in [-0.3, -0.25) is 4.98 Å². The number of nitrogen functional groups attached to an aromatic ring is 1. The van der Waals surface area contributed by atoms with E-state index in [1.165, 1.54) is 18.2 Å². The number of nitrogens with zero attached hydrogens (tertiary/aromatic N) is 1. The summed E-state index contributed by atoms with van der Waals surface area (Å²) in [7, 11) is 0. The number of hydrogen-bond acceptors (Lipinski definition) is 5. The summed E-state index contributed by atoms with van der Waals surface area (Å²) in [5.41, 5.74) is 8.04. The van der Waals surface area contributed by atoms with Crippen LogP contribution in [0, 0.1) is 17.1 Å². The number of halogens is 1. The van der Waals surface area contributed by atoms with Gasteiger partial charge in [-0.2, -0.15) is 5.26 Å². The van der Waals surface area contributed by atoms with E-state index in [-0.39, 0.29) is 5.56 Å². The Labute approximate surface area is 117 Å². The Morgan fingerprint density at radius 2 is 2.10 bits per heavy atom. The van der Waals surface area contributed by atoms with Gasteiger partial charge in [0.25, 0.3) is 0 Å². The second-order valence-electron chi connectivity index (χ2n) is 4.38. The van der Waals surface area contributed by atoms with E-state index in [1.807, 2.05) is 6.07 Å². The third-order valence-electron chi connectivity index (χ3n) is 2.96. The van der Waals surface area contributed by atoms with E-state index in [2.05, 4.69) is 10.3 Å². The molecule has 1 aromatic heterocycles. The minimum atomic E-state index is -0.582. The fourth-order valence-corrected chi connectivity index (χ4v) is 1.98. The van der Waals surface area contributed by atoms with E-state index in [0.717, 1.165) is 6.07 Å². The SMILES string of the molecule is N#Cc1cc(F)ccc1Nc1cc2[nH]c(=O)oc2cc1N. The number of rotatable bonds is 2. The molecule has 0 atom stereocenters. The Hall–Kier alpha value is -3.27. The molecular weight excluding hydrogens is 275 g/mol. The summed E-state index contributed by atoms with van der Waals surface area (Å²) >= 11 is 0. The summed E-state index contributed by atoms with van der Waals surface area (Å²) in [5.74, 6) is -1.08. The van der Waals surface area contributed by atoms with E-state index in [4.69, 9.17) is 15.4 Å². The van der Waals surface area contributed by atoms with Crippen LogP contribution in [0.25, 0.3) is 11.1 Å². The predicted octanol–water partition coefficient (Wildman–Crippen LogP) is 2.46. The molecule has 6 nitrogen and oxygen atoms in total. The zero-order chi connectivity index (χ0) is 15.0. The molecule has 1 heterocycles. The molecule has 0 aliphatic carbocycles. The lowest BCUT2D eigenvalue weighted by Gasteiger charge is -2.10. The highest BCUT2D eigenvalue weighted by atomic mass is 19.1. The lowest BCUT2D eigenvalue weighted by molar-refractivity contribution is 0.555. The number of benzene rings is 2. The van der Waals surface area contributed by atoms with Crippen molar-refractivity contribution in [3.63, 3.8) is 0 Å². The number of nitrogens with one attached hydrogen (secondary N) is 2. The van der Waals surface area contributed by atoms with Gasteiger partial charge in [0.1, 0.15) is 11.9 Å². The molecular formula is C14H9FN4O2.